The molecule has 0 bridgehead atoms. The van der Waals surface area contributed by atoms with Crippen molar-refractivity contribution >= 4 is 11.7 Å². The number of nitrogens with zero attached hydrogens (tertiary/aromatic N) is 1. The summed E-state index contributed by atoms with van der Waals surface area (Å²) in [4.78, 5) is 16.8. The molecule has 1 fully saturated rings. The van der Waals surface area contributed by atoms with Gasteiger partial charge in [0.15, 0.2) is 0 Å². The first-order valence-corrected chi connectivity index (χ1v) is 5.19. The van der Waals surface area contributed by atoms with Crippen LogP contribution in [0.2, 0.25) is 0 Å². The second kappa shape index (κ2) is 3.12. The van der Waals surface area contributed by atoms with Crippen molar-refractivity contribution < 1.29 is 4.79 Å². The molecule has 1 saturated heterocycles. The van der Waals surface area contributed by atoms with Gasteiger partial charge in [0.05, 0.1) is 0 Å². The number of carbonyl (C=O) groups is 1. The lowest BCUT2D eigenvalue weighted by atomic mass is 9.97. The molecule has 3 rings (SSSR count). The van der Waals surface area contributed by atoms with Crippen LogP contribution in [0.3, 0.4) is 0 Å². The smallest absolute Gasteiger partial charge is 0.233 e. The first-order valence-electron chi connectivity index (χ1n) is 5.19. The van der Waals surface area contributed by atoms with Crippen molar-refractivity contribution in [3.8, 4) is 0 Å². The van der Waals surface area contributed by atoms with Crippen molar-refractivity contribution in [2.45, 2.75) is 12.8 Å². The predicted molar refractivity (Wildman–Crippen MR) is 58.2 cm³/mol. The lowest BCUT2D eigenvalue weighted by Crippen LogP contribution is -2.23. The molecule has 3 nitrogen and oxygen atoms in total. The van der Waals surface area contributed by atoms with Gasteiger partial charge in [-0.1, -0.05) is 12.2 Å². The minimum atomic E-state index is 0.192. The summed E-state index contributed by atoms with van der Waals surface area (Å²) in [6.07, 6.45) is 9.65. The molecule has 0 radical (unpaired) electrons. The van der Waals surface area contributed by atoms with E-state index >= 15 is 0 Å². The van der Waals surface area contributed by atoms with E-state index in [4.69, 9.17) is 0 Å². The summed E-state index contributed by atoms with van der Waals surface area (Å²) in [7, 11) is 0. The van der Waals surface area contributed by atoms with Crippen LogP contribution in [0.1, 0.15) is 12.8 Å². The fraction of sp³-hybridized carbons (Fsp3) is 0.250. The average Bonchev–Trinajstić information content (AvgIpc) is 2.82. The number of fused-ring (bicyclic) bond motifs is 1. The van der Waals surface area contributed by atoms with Crippen LogP contribution in [0.15, 0.2) is 42.3 Å². The molecule has 15 heavy (non-hydrogen) atoms. The third-order valence-corrected chi connectivity index (χ3v) is 2.99. The zero-order valence-electron chi connectivity index (χ0n) is 8.31. The van der Waals surface area contributed by atoms with Crippen LogP contribution in [0.25, 0.3) is 0 Å². The molecule has 1 aliphatic heterocycles. The van der Waals surface area contributed by atoms with Crippen molar-refractivity contribution in [2.75, 3.05) is 4.90 Å². The summed E-state index contributed by atoms with van der Waals surface area (Å²) in [6.45, 7) is 0. The van der Waals surface area contributed by atoms with Gasteiger partial charge in [-0.15, -0.1) is 0 Å². The zero-order chi connectivity index (χ0) is 10.3. The summed E-state index contributed by atoms with van der Waals surface area (Å²) in [6, 6.07) is 3.84. The second-order valence-electron chi connectivity index (χ2n) is 3.94. The maximum absolute atomic E-state index is 11.9. The number of allylic oxidation sites excluding steroid dienone is 4. The first kappa shape index (κ1) is 8.53. The van der Waals surface area contributed by atoms with Crippen molar-refractivity contribution in [3.63, 3.8) is 0 Å². The van der Waals surface area contributed by atoms with Gasteiger partial charge in [-0.25, -0.2) is 0 Å². The van der Waals surface area contributed by atoms with Gasteiger partial charge >= 0.3 is 0 Å². The third kappa shape index (κ3) is 1.23. The van der Waals surface area contributed by atoms with Gasteiger partial charge in [0.25, 0.3) is 0 Å². The van der Waals surface area contributed by atoms with E-state index in [1.54, 1.807) is 4.90 Å². The van der Waals surface area contributed by atoms with Gasteiger partial charge in [-0.3, -0.25) is 9.69 Å². The molecule has 0 aromatic carbocycles. The molecule has 0 spiro atoms. The van der Waals surface area contributed by atoms with Gasteiger partial charge in [-0.2, -0.15) is 0 Å². The van der Waals surface area contributed by atoms with Crippen LogP contribution in [-0.2, 0) is 4.79 Å². The Morgan fingerprint density at radius 2 is 2.40 bits per heavy atom. The largest absolute Gasteiger partial charge is 0.348 e. The fourth-order valence-electron chi connectivity index (χ4n) is 2.29. The number of carbonyl (C=O) groups excluding carboxylic acids is 1. The van der Waals surface area contributed by atoms with Crippen molar-refractivity contribution in [3.05, 3.63) is 42.3 Å². The molecular formula is C12H12N2O. The molecular weight excluding hydrogens is 188 g/mol. The number of aromatic amines is 1. The number of hydrogen-bond donors (Lipinski definition) is 1. The normalized spacial score (nSPS) is 24.3. The maximum atomic E-state index is 11.9. The quantitative estimate of drug-likeness (QED) is 0.741. The molecule has 0 saturated carbocycles. The second-order valence-corrected chi connectivity index (χ2v) is 3.94. The topological polar surface area (TPSA) is 36.1 Å². The Morgan fingerprint density at radius 1 is 1.47 bits per heavy atom. The number of anilines is 1. The van der Waals surface area contributed by atoms with Crippen LogP contribution in [0.4, 0.5) is 5.82 Å². The Morgan fingerprint density at radius 3 is 3.20 bits per heavy atom. The van der Waals surface area contributed by atoms with E-state index in [-0.39, 0.29) is 5.91 Å². The Bertz CT molecular complexity index is 442. The minimum absolute atomic E-state index is 0.192. The SMILES string of the molecule is O=C1CC2CC=CC=C2N1c1ccc[nH]1. The highest BCUT2D eigenvalue weighted by molar-refractivity contribution is 5.99. The van der Waals surface area contributed by atoms with Gasteiger partial charge in [0.1, 0.15) is 5.82 Å². The molecule has 1 aromatic rings. The van der Waals surface area contributed by atoms with Crippen molar-refractivity contribution in [1.29, 1.82) is 0 Å². The Balaban J connectivity index is 2.03. The number of amides is 1. The highest BCUT2D eigenvalue weighted by atomic mass is 16.2. The van der Waals surface area contributed by atoms with Gasteiger partial charge in [0, 0.05) is 24.2 Å². The van der Waals surface area contributed by atoms with Gasteiger partial charge < -0.3 is 4.98 Å². The molecule has 2 heterocycles. The third-order valence-electron chi connectivity index (χ3n) is 2.99. The van der Waals surface area contributed by atoms with E-state index in [0.29, 0.717) is 12.3 Å². The number of nitrogens with one attached hydrogen (secondary N) is 1. The maximum Gasteiger partial charge on any atom is 0.233 e. The molecule has 3 heteroatoms. The van der Waals surface area contributed by atoms with E-state index in [2.05, 4.69) is 11.1 Å². The first-order chi connectivity index (χ1) is 7.36. The molecule has 1 atom stereocenters. The Labute approximate surface area is 88.1 Å². The van der Waals surface area contributed by atoms with Crippen LogP contribution in [0, 0.1) is 5.92 Å². The van der Waals surface area contributed by atoms with E-state index in [9.17, 15) is 4.79 Å². The lowest BCUT2D eigenvalue weighted by molar-refractivity contribution is -0.117. The van der Waals surface area contributed by atoms with Crippen LogP contribution in [0.5, 0.6) is 0 Å². The summed E-state index contributed by atoms with van der Waals surface area (Å²) in [5.41, 5.74) is 1.13. The molecule has 1 aromatic heterocycles. The van der Waals surface area contributed by atoms with Crippen LogP contribution < -0.4 is 4.90 Å². The number of rotatable bonds is 1. The molecule has 1 unspecified atom stereocenters. The molecule has 1 aliphatic carbocycles. The molecule has 76 valence electrons. The molecule has 1 N–H and O–H groups in total. The molecule has 2 aliphatic rings. The number of hydrogen-bond acceptors (Lipinski definition) is 1. The van der Waals surface area contributed by atoms with E-state index < -0.39 is 0 Å². The van der Waals surface area contributed by atoms with Crippen LogP contribution >= 0.6 is 0 Å². The van der Waals surface area contributed by atoms with Crippen molar-refractivity contribution in [2.24, 2.45) is 5.92 Å². The predicted octanol–water partition coefficient (Wildman–Crippen LogP) is 2.21. The van der Waals surface area contributed by atoms with Gasteiger partial charge in [-0.05, 0) is 24.6 Å². The minimum Gasteiger partial charge on any atom is -0.348 e. The summed E-state index contributed by atoms with van der Waals surface area (Å²) in [5.74, 6) is 1.45. The number of aromatic nitrogens is 1. The van der Waals surface area contributed by atoms with Gasteiger partial charge in [0.2, 0.25) is 5.91 Å². The highest BCUT2D eigenvalue weighted by Gasteiger charge is 2.36. The van der Waals surface area contributed by atoms with E-state index in [1.165, 1.54) is 0 Å². The van der Waals surface area contributed by atoms with E-state index in [1.807, 2.05) is 30.5 Å². The molecule has 1 amide bonds. The van der Waals surface area contributed by atoms with E-state index in [0.717, 1.165) is 17.9 Å². The average molecular weight is 200 g/mol. The zero-order valence-corrected chi connectivity index (χ0v) is 8.31. The summed E-state index contributed by atoms with van der Waals surface area (Å²) in [5, 5.41) is 0. The summed E-state index contributed by atoms with van der Waals surface area (Å²) >= 11 is 0. The van der Waals surface area contributed by atoms with Crippen LogP contribution in [-0.4, -0.2) is 10.9 Å². The van der Waals surface area contributed by atoms with Crippen molar-refractivity contribution in [1.82, 2.24) is 4.98 Å². The highest BCUT2D eigenvalue weighted by Crippen LogP contribution is 2.36. The standard InChI is InChI=1S/C12H12N2O/c15-12-8-9-4-1-2-5-10(9)14(12)11-6-3-7-13-11/h1-3,5-7,9,13H,4,8H2. The lowest BCUT2D eigenvalue weighted by Gasteiger charge is -2.19. The fourth-order valence-corrected chi connectivity index (χ4v) is 2.29. The Kier molecular flexibility index (Phi) is 1.78. The summed E-state index contributed by atoms with van der Waals surface area (Å²) < 4.78 is 0. The monoisotopic (exact) mass is 200 g/mol. The Hall–Kier alpha value is -1.77. The number of H-pyrrole nitrogens is 1.